The molecule has 3 N–H and O–H groups in total. The van der Waals surface area contributed by atoms with Crippen LogP contribution < -0.4 is 10.6 Å². The van der Waals surface area contributed by atoms with Crippen molar-refractivity contribution in [1.82, 2.24) is 15.5 Å². The highest BCUT2D eigenvalue weighted by Gasteiger charge is 2.24. The first kappa shape index (κ1) is 14.8. The fourth-order valence-electron chi connectivity index (χ4n) is 1.74. The molecule has 0 unspecified atom stereocenters. The number of nitrogens with one attached hydrogen (secondary N) is 3. The number of anilines is 1. The molecule has 0 spiro atoms. The lowest BCUT2D eigenvalue weighted by molar-refractivity contribution is -0.121. The fourth-order valence-corrected chi connectivity index (χ4v) is 1.74. The molecule has 0 saturated carbocycles. The lowest BCUT2D eigenvalue weighted by atomic mass is 10.0. The number of H-pyrrole nitrogens is 1. The van der Waals surface area contributed by atoms with E-state index in [0.717, 1.165) is 29.7 Å². The second-order valence-electron chi connectivity index (χ2n) is 4.02. The van der Waals surface area contributed by atoms with E-state index in [0.29, 0.717) is 0 Å². The Bertz CT molecular complexity index is 539. The SMILES string of the molecule is Cl.Cl.O=C(Nc1ccc2[nH]ncc2c1)C1CNC1. The Kier molecular flexibility index (Phi) is 4.95. The van der Waals surface area contributed by atoms with E-state index in [-0.39, 0.29) is 36.6 Å². The van der Waals surface area contributed by atoms with Gasteiger partial charge in [0.05, 0.1) is 17.6 Å². The molecule has 1 fully saturated rings. The molecule has 1 aliphatic rings. The van der Waals surface area contributed by atoms with Crippen molar-refractivity contribution >= 4 is 47.3 Å². The van der Waals surface area contributed by atoms with Crippen molar-refractivity contribution in [2.75, 3.05) is 18.4 Å². The minimum Gasteiger partial charge on any atom is -0.326 e. The maximum absolute atomic E-state index is 11.7. The molecule has 1 amide bonds. The first-order valence-electron chi connectivity index (χ1n) is 5.27. The minimum absolute atomic E-state index is 0. The third-order valence-electron chi connectivity index (χ3n) is 2.86. The largest absolute Gasteiger partial charge is 0.326 e. The number of carbonyl (C=O) groups excluding carboxylic acids is 1. The number of fused-ring (bicyclic) bond motifs is 1. The zero-order valence-corrected chi connectivity index (χ0v) is 11.1. The first-order valence-corrected chi connectivity index (χ1v) is 5.27. The van der Waals surface area contributed by atoms with Crippen LogP contribution in [-0.4, -0.2) is 29.2 Å². The number of halogens is 2. The molecule has 1 aliphatic heterocycles. The van der Waals surface area contributed by atoms with Crippen molar-refractivity contribution in [3.8, 4) is 0 Å². The summed E-state index contributed by atoms with van der Waals surface area (Å²) >= 11 is 0. The zero-order valence-electron chi connectivity index (χ0n) is 9.47. The number of aromatic nitrogens is 2. The highest BCUT2D eigenvalue weighted by molar-refractivity contribution is 5.95. The number of hydrogen-bond acceptors (Lipinski definition) is 3. The highest BCUT2D eigenvalue weighted by Crippen LogP contribution is 2.17. The Balaban J connectivity index is 0.000000810. The van der Waals surface area contributed by atoms with Crippen molar-refractivity contribution in [3.05, 3.63) is 24.4 Å². The van der Waals surface area contributed by atoms with Crippen LogP contribution in [-0.2, 0) is 4.79 Å². The summed E-state index contributed by atoms with van der Waals surface area (Å²) in [6.45, 7) is 1.56. The molecule has 98 valence electrons. The summed E-state index contributed by atoms with van der Waals surface area (Å²) in [5.41, 5.74) is 1.80. The van der Waals surface area contributed by atoms with Gasteiger partial charge in [-0.1, -0.05) is 0 Å². The number of nitrogens with zero attached hydrogens (tertiary/aromatic N) is 1. The van der Waals surface area contributed by atoms with E-state index in [1.807, 2.05) is 18.2 Å². The molecule has 1 aromatic heterocycles. The maximum Gasteiger partial charge on any atom is 0.230 e. The Labute approximate surface area is 117 Å². The van der Waals surface area contributed by atoms with Gasteiger partial charge < -0.3 is 10.6 Å². The quantitative estimate of drug-likeness (QED) is 0.786. The van der Waals surface area contributed by atoms with E-state index in [9.17, 15) is 4.79 Å². The van der Waals surface area contributed by atoms with Crippen LogP contribution >= 0.6 is 24.8 Å². The highest BCUT2D eigenvalue weighted by atomic mass is 35.5. The molecular weight excluding hydrogens is 275 g/mol. The van der Waals surface area contributed by atoms with Gasteiger partial charge in [-0.2, -0.15) is 5.10 Å². The Morgan fingerprint density at radius 2 is 2.11 bits per heavy atom. The molecule has 7 heteroatoms. The molecule has 3 rings (SSSR count). The number of carbonyl (C=O) groups is 1. The van der Waals surface area contributed by atoms with Crippen LogP contribution in [0.2, 0.25) is 0 Å². The third-order valence-corrected chi connectivity index (χ3v) is 2.86. The van der Waals surface area contributed by atoms with Gasteiger partial charge in [-0.15, -0.1) is 24.8 Å². The van der Waals surface area contributed by atoms with Crippen molar-refractivity contribution in [3.63, 3.8) is 0 Å². The standard InChI is InChI=1S/C11H12N4O.2ClH/c16-11(8-4-12-5-8)14-9-1-2-10-7(3-9)6-13-15-10;;/h1-3,6,8,12H,4-5H2,(H,13,15)(H,14,16);2*1H. The molecule has 2 aromatic rings. The number of benzene rings is 1. The van der Waals surface area contributed by atoms with Gasteiger partial charge in [0.25, 0.3) is 0 Å². The summed E-state index contributed by atoms with van der Waals surface area (Å²) in [7, 11) is 0. The van der Waals surface area contributed by atoms with Gasteiger partial charge in [0.2, 0.25) is 5.91 Å². The monoisotopic (exact) mass is 288 g/mol. The number of hydrogen-bond donors (Lipinski definition) is 3. The fraction of sp³-hybridized carbons (Fsp3) is 0.273. The summed E-state index contributed by atoms with van der Waals surface area (Å²) in [6, 6.07) is 5.71. The Morgan fingerprint density at radius 1 is 1.33 bits per heavy atom. The average Bonchev–Trinajstić information content (AvgIpc) is 2.61. The van der Waals surface area contributed by atoms with Crippen LogP contribution in [0.3, 0.4) is 0 Å². The molecule has 2 heterocycles. The van der Waals surface area contributed by atoms with Crippen LogP contribution in [0, 0.1) is 5.92 Å². The summed E-state index contributed by atoms with van der Waals surface area (Å²) in [6.07, 6.45) is 1.75. The van der Waals surface area contributed by atoms with Gasteiger partial charge >= 0.3 is 0 Å². The predicted octanol–water partition coefficient (Wildman–Crippen LogP) is 1.56. The topological polar surface area (TPSA) is 69.8 Å². The lowest BCUT2D eigenvalue weighted by Gasteiger charge is -2.25. The van der Waals surface area contributed by atoms with Gasteiger partial charge in [-0.05, 0) is 18.2 Å². The van der Waals surface area contributed by atoms with E-state index < -0.39 is 0 Å². The van der Waals surface area contributed by atoms with Gasteiger partial charge in [0, 0.05) is 24.2 Å². The van der Waals surface area contributed by atoms with E-state index in [4.69, 9.17) is 0 Å². The van der Waals surface area contributed by atoms with Crippen LogP contribution in [0.1, 0.15) is 0 Å². The van der Waals surface area contributed by atoms with E-state index in [1.54, 1.807) is 6.20 Å². The van der Waals surface area contributed by atoms with Crippen molar-refractivity contribution in [2.24, 2.45) is 5.92 Å². The van der Waals surface area contributed by atoms with Crippen LogP contribution in [0.4, 0.5) is 5.69 Å². The van der Waals surface area contributed by atoms with Crippen LogP contribution in [0.15, 0.2) is 24.4 Å². The number of amides is 1. The maximum atomic E-state index is 11.7. The Hall–Kier alpha value is -1.30. The second kappa shape index (κ2) is 6.04. The summed E-state index contributed by atoms with van der Waals surface area (Å²) < 4.78 is 0. The van der Waals surface area contributed by atoms with Crippen molar-refractivity contribution < 1.29 is 4.79 Å². The average molecular weight is 289 g/mol. The molecule has 0 aliphatic carbocycles. The van der Waals surface area contributed by atoms with Gasteiger partial charge in [0.1, 0.15) is 0 Å². The lowest BCUT2D eigenvalue weighted by Crippen LogP contribution is -2.48. The smallest absolute Gasteiger partial charge is 0.230 e. The minimum atomic E-state index is 0. The molecule has 0 bridgehead atoms. The van der Waals surface area contributed by atoms with Crippen molar-refractivity contribution in [1.29, 1.82) is 0 Å². The van der Waals surface area contributed by atoms with E-state index >= 15 is 0 Å². The number of rotatable bonds is 2. The molecule has 5 nitrogen and oxygen atoms in total. The second-order valence-corrected chi connectivity index (χ2v) is 4.02. The van der Waals surface area contributed by atoms with Gasteiger partial charge in [-0.3, -0.25) is 9.89 Å². The molecule has 1 saturated heterocycles. The predicted molar refractivity (Wildman–Crippen MR) is 75.6 cm³/mol. The van der Waals surface area contributed by atoms with Gasteiger partial charge in [-0.25, -0.2) is 0 Å². The molecule has 18 heavy (non-hydrogen) atoms. The van der Waals surface area contributed by atoms with E-state index in [1.165, 1.54) is 0 Å². The molecule has 0 atom stereocenters. The summed E-state index contributed by atoms with van der Waals surface area (Å²) in [5, 5.41) is 13.8. The number of aromatic amines is 1. The molecular formula is C11H14Cl2N4O. The van der Waals surface area contributed by atoms with E-state index in [2.05, 4.69) is 20.8 Å². The normalized spacial score (nSPS) is 14.2. The first-order chi connectivity index (χ1) is 7.83. The molecule has 1 aromatic carbocycles. The third kappa shape index (κ3) is 2.75. The Morgan fingerprint density at radius 3 is 2.78 bits per heavy atom. The molecule has 0 radical (unpaired) electrons. The summed E-state index contributed by atoms with van der Waals surface area (Å²) in [5.74, 6) is 0.196. The summed E-state index contributed by atoms with van der Waals surface area (Å²) in [4.78, 5) is 11.7. The zero-order chi connectivity index (χ0) is 11.0. The van der Waals surface area contributed by atoms with Crippen molar-refractivity contribution in [2.45, 2.75) is 0 Å². The van der Waals surface area contributed by atoms with Crippen LogP contribution in [0.25, 0.3) is 10.9 Å². The van der Waals surface area contributed by atoms with Gasteiger partial charge in [0.15, 0.2) is 0 Å². The van der Waals surface area contributed by atoms with Crippen LogP contribution in [0.5, 0.6) is 0 Å².